The van der Waals surface area contributed by atoms with Crippen molar-refractivity contribution in [1.29, 1.82) is 0 Å². The van der Waals surface area contributed by atoms with E-state index in [1.54, 1.807) is 0 Å². The molecule has 0 N–H and O–H groups in total. The Kier molecular flexibility index (Phi) is 4.34. The van der Waals surface area contributed by atoms with E-state index in [9.17, 15) is 14.9 Å². The molecule has 8 nitrogen and oxygen atoms in total. The highest BCUT2D eigenvalue weighted by Crippen LogP contribution is 2.25. The predicted molar refractivity (Wildman–Crippen MR) is 84.6 cm³/mol. The smallest absolute Gasteiger partial charge is 0.349 e. The summed E-state index contributed by atoms with van der Waals surface area (Å²) in [5, 5.41) is 14.3. The van der Waals surface area contributed by atoms with E-state index in [-0.39, 0.29) is 22.4 Å². The lowest BCUT2D eigenvalue weighted by Gasteiger charge is -1.99. The quantitative estimate of drug-likeness (QED) is 0.396. The Bertz CT molecular complexity index is 902. The van der Waals surface area contributed by atoms with Crippen LogP contribution in [-0.2, 0) is 11.3 Å². The lowest BCUT2D eigenvalue weighted by molar-refractivity contribution is -0.380. The summed E-state index contributed by atoms with van der Waals surface area (Å²) in [6, 6.07) is 10.2. The van der Waals surface area contributed by atoms with Gasteiger partial charge in [0.25, 0.3) is 5.89 Å². The van der Waals surface area contributed by atoms with E-state index in [0.29, 0.717) is 5.82 Å². The second-order valence-corrected chi connectivity index (χ2v) is 5.86. The highest BCUT2D eigenvalue weighted by Gasteiger charge is 2.18. The number of carbonyl (C=O) groups excluding carboxylic acids is 1. The van der Waals surface area contributed by atoms with Gasteiger partial charge in [-0.15, -0.1) is 0 Å². The van der Waals surface area contributed by atoms with Crippen molar-refractivity contribution < 1.29 is 19.0 Å². The third kappa shape index (κ3) is 3.30. The molecule has 3 rings (SSSR count). The largest absolute Gasteiger partial charge is 0.451 e. The van der Waals surface area contributed by atoms with E-state index in [2.05, 4.69) is 10.1 Å². The van der Waals surface area contributed by atoms with Gasteiger partial charge in [0.1, 0.15) is 4.88 Å². The number of hydrogen-bond donors (Lipinski definition) is 0. The van der Waals surface area contributed by atoms with Crippen molar-refractivity contribution in [3.05, 3.63) is 62.8 Å². The van der Waals surface area contributed by atoms with Crippen LogP contribution >= 0.6 is 11.3 Å². The van der Waals surface area contributed by atoms with E-state index in [1.165, 1.54) is 12.1 Å². The number of nitro groups is 1. The van der Waals surface area contributed by atoms with Gasteiger partial charge in [-0.25, -0.2) is 4.79 Å². The highest BCUT2D eigenvalue weighted by molar-refractivity contribution is 7.17. The van der Waals surface area contributed by atoms with Crippen LogP contribution in [0.15, 0.2) is 40.9 Å². The van der Waals surface area contributed by atoms with Crippen molar-refractivity contribution in [2.75, 3.05) is 0 Å². The van der Waals surface area contributed by atoms with Crippen LogP contribution in [-0.4, -0.2) is 21.0 Å². The second kappa shape index (κ2) is 6.59. The lowest BCUT2D eigenvalue weighted by atomic mass is 10.1. The number of carbonyl (C=O) groups is 1. The van der Waals surface area contributed by atoms with Crippen molar-refractivity contribution in [3.8, 4) is 11.4 Å². The summed E-state index contributed by atoms with van der Waals surface area (Å²) in [4.78, 5) is 26.2. The molecule has 9 heteroatoms. The minimum atomic E-state index is -0.677. The lowest BCUT2D eigenvalue weighted by Crippen LogP contribution is -2.03. The fourth-order valence-corrected chi connectivity index (χ4v) is 2.69. The van der Waals surface area contributed by atoms with Crippen LogP contribution in [0, 0.1) is 17.0 Å². The molecule has 1 aromatic carbocycles. The third-order valence-corrected chi connectivity index (χ3v) is 4.17. The molecule has 24 heavy (non-hydrogen) atoms. The number of aryl methyl sites for hydroxylation is 1. The average Bonchev–Trinajstić information content (AvgIpc) is 3.22. The number of rotatable bonds is 5. The summed E-state index contributed by atoms with van der Waals surface area (Å²) in [7, 11) is 0. The molecule has 0 radical (unpaired) electrons. The average molecular weight is 345 g/mol. The summed E-state index contributed by atoms with van der Waals surface area (Å²) in [5.74, 6) is -0.123. The van der Waals surface area contributed by atoms with Gasteiger partial charge in [-0.05, 0) is 18.6 Å². The van der Waals surface area contributed by atoms with E-state index in [0.717, 1.165) is 22.5 Å². The molecule has 2 aromatic heterocycles. The van der Waals surface area contributed by atoms with Crippen molar-refractivity contribution in [1.82, 2.24) is 10.1 Å². The fraction of sp³-hybridized carbons (Fsp3) is 0.133. The molecular formula is C15H11N3O5S. The minimum absolute atomic E-state index is 0.124. The zero-order valence-corrected chi connectivity index (χ0v) is 13.3. The van der Waals surface area contributed by atoms with Crippen LogP contribution in [0.5, 0.6) is 0 Å². The van der Waals surface area contributed by atoms with Gasteiger partial charge in [-0.3, -0.25) is 10.1 Å². The van der Waals surface area contributed by atoms with Crippen molar-refractivity contribution in [2.24, 2.45) is 0 Å². The Morgan fingerprint density at radius 1 is 1.33 bits per heavy atom. The number of aromatic nitrogens is 2. The first-order valence-corrected chi connectivity index (χ1v) is 7.66. The monoisotopic (exact) mass is 345 g/mol. The van der Waals surface area contributed by atoms with Crippen LogP contribution in [0.4, 0.5) is 5.00 Å². The molecule has 0 spiro atoms. The van der Waals surface area contributed by atoms with E-state index in [4.69, 9.17) is 9.26 Å². The first-order chi connectivity index (χ1) is 11.5. The molecule has 0 aliphatic rings. The maximum Gasteiger partial charge on any atom is 0.349 e. The predicted octanol–water partition coefficient (Wildman–Crippen LogP) is 3.37. The zero-order chi connectivity index (χ0) is 17.1. The summed E-state index contributed by atoms with van der Waals surface area (Å²) in [6.45, 7) is 1.72. The van der Waals surface area contributed by atoms with Crippen LogP contribution in [0.2, 0.25) is 0 Å². The summed E-state index contributed by atoms with van der Waals surface area (Å²) in [6.07, 6.45) is 0. The summed E-state index contributed by atoms with van der Waals surface area (Å²) < 4.78 is 10.1. The zero-order valence-electron chi connectivity index (χ0n) is 12.5. The third-order valence-electron chi connectivity index (χ3n) is 3.15. The molecule has 0 bridgehead atoms. The molecule has 0 aliphatic heterocycles. The standard InChI is InChI=1S/C15H11N3O5S/c1-9-4-2-3-5-10(9)14-16-12(23-17-14)8-22-15(19)11-6-7-13(24-11)18(20)21/h2-7H,8H2,1H3. The molecule has 0 atom stereocenters. The Labute approximate surface area is 139 Å². The molecule has 3 aromatic rings. The number of hydrogen-bond acceptors (Lipinski definition) is 8. The SMILES string of the molecule is Cc1ccccc1-c1noc(COC(=O)c2ccc([N+](=O)[O-])s2)n1. The number of nitrogens with zero attached hydrogens (tertiary/aromatic N) is 3. The van der Waals surface area contributed by atoms with Crippen LogP contribution < -0.4 is 0 Å². The number of benzene rings is 1. The van der Waals surface area contributed by atoms with Gasteiger partial charge < -0.3 is 9.26 Å². The van der Waals surface area contributed by atoms with E-state index in [1.807, 2.05) is 31.2 Å². The van der Waals surface area contributed by atoms with Gasteiger partial charge in [-0.2, -0.15) is 4.98 Å². The van der Waals surface area contributed by atoms with Crippen LogP contribution in [0.25, 0.3) is 11.4 Å². The van der Waals surface area contributed by atoms with Crippen LogP contribution in [0.1, 0.15) is 21.1 Å². The number of esters is 1. The van der Waals surface area contributed by atoms with Gasteiger partial charge in [0, 0.05) is 11.6 Å². The molecule has 0 aliphatic carbocycles. The number of ether oxygens (including phenoxy) is 1. The van der Waals surface area contributed by atoms with Gasteiger partial charge in [0.05, 0.1) is 4.92 Å². The molecule has 2 heterocycles. The Balaban J connectivity index is 1.66. The van der Waals surface area contributed by atoms with E-state index >= 15 is 0 Å². The normalized spacial score (nSPS) is 10.5. The molecular weight excluding hydrogens is 334 g/mol. The second-order valence-electron chi connectivity index (χ2n) is 4.80. The number of thiophene rings is 1. The maximum absolute atomic E-state index is 11.9. The van der Waals surface area contributed by atoms with Crippen molar-refractivity contribution in [3.63, 3.8) is 0 Å². The maximum atomic E-state index is 11.9. The summed E-state index contributed by atoms with van der Waals surface area (Å²) >= 11 is 0.748. The van der Waals surface area contributed by atoms with Gasteiger partial charge in [0.2, 0.25) is 5.82 Å². The van der Waals surface area contributed by atoms with Crippen molar-refractivity contribution >= 4 is 22.3 Å². The molecule has 0 amide bonds. The topological polar surface area (TPSA) is 108 Å². The van der Waals surface area contributed by atoms with E-state index < -0.39 is 10.9 Å². The first-order valence-electron chi connectivity index (χ1n) is 6.84. The highest BCUT2D eigenvalue weighted by atomic mass is 32.1. The molecule has 0 saturated carbocycles. The summed E-state index contributed by atoms with van der Waals surface area (Å²) in [5.41, 5.74) is 1.82. The minimum Gasteiger partial charge on any atom is -0.451 e. The van der Waals surface area contributed by atoms with Crippen LogP contribution in [0.3, 0.4) is 0 Å². The molecule has 122 valence electrons. The van der Waals surface area contributed by atoms with Crippen molar-refractivity contribution in [2.45, 2.75) is 13.5 Å². The molecule has 0 saturated heterocycles. The van der Waals surface area contributed by atoms with Gasteiger partial charge in [0.15, 0.2) is 6.61 Å². The molecule has 0 fully saturated rings. The Morgan fingerprint density at radius 2 is 2.12 bits per heavy atom. The van der Waals surface area contributed by atoms with Gasteiger partial charge in [-0.1, -0.05) is 40.8 Å². The fourth-order valence-electron chi connectivity index (χ4n) is 1.98. The van der Waals surface area contributed by atoms with Gasteiger partial charge >= 0.3 is 11.0 Å². The molecule has 0 unspecified atom stereocenters. The Morgan fingerprint density at radius 3 is 2.83 bits per heavy atom. The Hall–Kier alpha value is -3.07. The first kappa shape index (κ1) is 15.8.